The number of benzene rings is 2. The summed E-state index contributed by atoms with van der Waals surface area (Å²) in [6.45, 7) is 0.211. The van der Waals surface area contributed by atoms with E-state index in [9.17, 15) is 22.8 Å². The van der Waals surface area contributed by atoms with Crippen molar-refractivity contribution < 1.29 is 27.5 Å². The Morgan fingerprint density at radius 1 is 1.09 bits per heavy atom. The molecule has 2 aliphatic rings. The van der Waals surface area contributed by atoms with E-state index in [1.807, 2.05) is 24.3 Å². The van der Waals surface area contributed by atoms with E-state index in [2.05, 4.69) is 15.0 Å². The van der Waals surface area contributed by atoms with E-state index in [0.717, 1.165) is 39.2 Å². The molecule has 1 saturated carbocycles. The SMILES string of the molecule is CNc1cccc2c(CN3C(=O)N(c4ccc(OC(F)(F)F)cc4)C(=O)C34CC4)ccnc12. The average Bonchev–Trinajstić information content (AvgIpc) is 3.55. The normalized spacial score (nSPS) is 17.2. The van der Waals surface area contributed by atoms with E-state index in [1.54, 1.807) is 18.1 Å². The van der Waals surface area contributed by atoms with Crippen LogP contribution in [-0.2, 0) is 11.3 Å². The highest BCUT2D eigenvalue weighted by Gasteiger charge is 2.65. The Hall–Kier alpha value is -3.82. The van der Waals surface area contributed by atoms with Crippen molar-refractivity contribution in [1.29, 1.82) is 0 Å². The number of aromatic nitrogens is 1. The lowest BCUT2D eigenvalue weighted by atomic mass is 10.1. The van der Waals surface area contributed by atoms with Gasteiger partial charge in [0.2, 0.25) is 0 Å². The second-order valence-corrected chi connectivity index (χ2v) is 8.00. The molecule has 1 aliphatic heterocycles. The first-order chi connectivity index (χ1) is 15.7. The highest BCUT2D eigenvalue weighted by Crippen LogP contribution is 2.50. The van der Waals surface area contributed by atoms with Gasteiger partial charge in [-0.25, -0.2) is 9.69 Å². The fourth-order valence-electron chi connectivity index (χ4n) is 4.30. The van der Waals surface area contributed by atoms with Crippen molar-refractivity contribution in [1.82, 2.24) is 9.88 Å². The lowest BCUT2D eigenvalue weighted by molar-refractivity contribution is -0.274. The van der Waals surface area contributed by atoms with Crippen LogP contribution in [0.5, 0.6) is 5.75 Å². The smallest absolute Gasteiger partial charge is 0.406 e. The van der Waals surface area contributed by atoms with Gasteiger partial charge in [0.1, 0.15) is 11.3 Å². The summed E-state index contributed by atoms with van der Waals surface area (Å²) in [7, 11) is 1.80. The number of nitrogens with zero attached hydrogens (tertiary/aromatic N) is 3. The zero-order valence-electron chi connectivity index (χ0n) is 17.5. The van der Waals surface area contributed by atoms with Gasteiger partial charge < -0.3 is 15.0 Å². The molecule has 2 aromatic carbocycles. The third-order valence-electron chi connectivity index (χ3n) is 6.05. The first kappa shape index (κ1) is 21.0. The number of carbonyl (C=O) groups excluding carboxylic acids is 2. The minimum Gasteiger partial charge on any atom is -0.406 e. The number of para-hydroxylation sites is 1. The monoisotopic (exact) mass is 456 g/mol. The Bertz CT molecular complexity index is 1260. The van der Waals surface area contributed by atoms with Gasteiger partial charge in [-0.3, -0.25) is 9.78 Å². The van der Waals surface area contributed by atoms with Gasteiger partial charge in [0.15, 0.2) is 0 Å². The topological polar surface area (TPSA) is 74.8 Å². The Kier molecular flexibility index (Phi) is 4.70. The number of anilines is 2. The summed E-state index contributed by atoms with van der Waals surface area (Å²) in [4.78, 5) is 33.6. The molecule has 0 unspecified atom stereocenters. The summed E-state index contributed by atoms with van der Waals surface area (Å²) in [5, 5.41) is 3.96. The van der Waals surface area contributed by atoms with Gasteiger partial charge in [-0.05, 0) is 54.8 Å². The highest BCUT2D eigenvalue weighted by molar-refractivity contribution is 6.24. The first-order valence-corrected chi connectivity index (χ1v) is 10.3. The number of pyridine rings is 1. The summed E-state index contributed by atoms with van der Waals surface area (Å²) >= 11 is 0. The minimum absolute atomic E-state index is 0.199. The molecule has 0 radical (unpaired) electrons. The Labute approximate surface area is 186 Å². The lowest BCUT2D eigenvalue weighted by Crippen LogP contribution is -2.36. The van der Waals surface area contributed by atoms with E-state index >= 15 is 0 Å². The molecule has 1 spiro atoms. The minimum atomic E-state index is -4.82. The molecule has 2 heterocycles. The fourth-order valence-corrected chi connectivity index (χ4v) is 4.30. The second kappa shape index (κ2) is 7.36. The summed E-state index contributed by atoms with van der Waals surface area (Å²) in [5.74, 6) is -0.793. The molecule has 0 atom stereocenters. The van der Waals surface area contributed by atoms with Crippen molar-refractivity contribution in [2.45, 2.75) is 31.3 Å². The molecule has 1 saturated heterocycles. The maximum Gasteiger partial charge on any atom is 0.573 e. The number of carbonyl (C=O) groups is 2. The molecule has 33 heavy (non-hydrogen) atoms. The number of hydrogen-bond acceptors (Lipinski definition) is 5. The lowest BCUT2D eigenvalue weighted by Gasteiger charge is -2.22. The molecule has 2 fully saturated rings. The van der Waals surface area contributed by atoms with Crippen LogP contribution in [0.2, 0.25) is 0 Å². The molecule has 3 amide bonds. The van der Waals surface area contributed by atoms with Crippen LogP contribution in [0.25, 0.3) is 10.9 Å². The van der Waals surface area contributed by atoms with Crippen LogP contribution in [0.4, 0.5) is 29.3 Å². The predicted molar refractivity (Wildman–Crippen MR) is 115 cm³/mol. The van der Waals surface area contributed by atoms with Gasteiger partial charge in [0, 0.05) is 25.2 Å². The predicted octanol–water partition coefficient (Wildman–Crippen LogP) is 4.68. The largest absolute Gasteiger partial charge is 0.573 e. The Balaban J connectivity index is 1.46. The summed E-state index contributed by atoms with van der Waals surface area (Å²) in [6, 6.07) is 11.7. The number of fused-ring (bicyclic) bond motifs is 1. The van der Waals surface area contributed by atoms with E-state index in [-0.39, 0.29) is 18.1 Å². The molecular weight excluding hydrogens is 437 g/mol. The standard InChI is InChI=1S/C23H19F3N4O3/c1-27-18-4-2-3-17-14(9-12-28-19(17)18)13-29-21(32)30(20(31)22(29)10-11-22)15-5-7-16(8-6-15)33-23(24,25)26/h2-9,12,27H,10-11,13H2,1H3. The number of ether oxygens (including phenoxy) is 1. The number of rotatable bonds is 5. The number of amides is 3. The number of hydrogen-bond donors (Lipinski definition) is 1. The molecule has 1 aromatic heterocycles. The number of alkyl halides is 3. The molecular formula is C23H19F3N4O3. The highest BCUT2D eigenvalue weighted by atomic mass is 19.4. The van der Waals surface area contributed by atoms with Crippen molar-refractivity contribution in [3.8, 4) is 5.75 Å². The molecule has 0 bridgehead atoms. The summed E-state index contributed by atoms with van der Waals surface area (Å²) < 4.78 is 41.2. The van der Waals surface area contributed by atoms with Gasteiger partial charge in [0.25, 0.3) is 5.91 Å². The van der Waals surface area contributed by atoms with Gasteiger partial charge >= 0.3 is 12.4 Å². The van der Waals surface area contributed by atoms with Gasteiger partial charge in [-0.15, -0.1) is 13.2 Å². The third-order valence-corrected chi connectivity index (χ3v) is 6.05. The third kappa shape index (κ3) is 3.51. The van der Waals surface area contributed by atoms with Crippen molar-refractivity contribution in [3.63, 3.8) is 0 Å². The number of urea groups is 1. The van der Waals surface area contributed by atoms with Crippen LogP contribution in [0.1, 0.15) is 18.4 Å². The van der Waals surface area contributed by atoms with E-state index < -0.39 is 23.7 Å². The van der Waals surface area contributed by atoms with Crippen LogP contribution in [0.3, 0.4) is 0 Å². The van der Waals surface area contributed by atoms with Crippen LogP contribution in [0.15, 0.2) is 54.7 Å². The number of halogens is 3. The first-order valence-electron chi connectivity index (χ1n) is 10.3. The maximum absolute atomic E-state index is 13.3. The van der Waals surface area contributed by atoms with Crippen molar-refractivity contribution in [3.05, 3.63) is 60.3 Å². The van der Waals surface area contributed by atoms with Crippen LogP contribution in [-0.4, -0.2) is 40.8 Å². The molecule has 5 rings (SSSR count). The van der Waals surface area contributed by atoms with Crippen LogP contribution < -0.4 is 15.0 Å². The Morgan fingerprint density at radius 3 is 2.45 bits per heavy atom. The van der Waals surface area contributed by atoms with Crippen molar-refractivity contribution in [2.24, 2.45) is 0 Å². The van der Waals surface area contributed by atoms with Gasteiger partial charge in [-0.1, -0.05) is 12.1 Å². The number of nitrogens with one attached hydrogen (secondary N) is 1. The zero-order chi connectivity index (χ0) is 23.4. The molecule has 1 N–H and O–H groups in total. The molecule has 7 nitrogen and oxygen atoms in total. The fraction of sp³-hybridized carbons (Fsp3) is 0.261. The molecule has 3 aromatic rings. The summed E-state index contributed by atoms with van der Waals surface area (Å²) in [5.41, 5.74) is 1.74. The Morgan fingerprint density at radius 2 is 1.82 bits per heavy atom. The van der Waals surface area contributed by atoms with Gasteiger partial charge in [0.05, 0.1) is 16.9 Å². The van der Waals surface area contributed by atoms with Crippen molar-refractivity contribution >= 4 is 34.2 Å². The van der Waals surface area contributed by atoms with E-state index in [4.69, 9.17) is 0 Å². The van der Waals surface area contributed by atoms with Gasteiger partial charge in [-0.2, -0.15) is 0 Å². The van der Waals surface area contributed by atoms with E-state index in [0.29, 0.717) is 12.8 Å². The van der Waals surface area contributed by atoms with E-state index in [1.165, 1.54) is 12.1 Å². The van der Waals surface area contributed by atoms with Crippen LogP contribution >= 0.6 is 0 Å². The molecule has 170 valence electrons. The number of imide groups is 1. The van der Waals surface area contributed by atoms with Crippen molar-refractivity contribution in [2.75, 3.05) is 17.3 Å². The zero-order valence-corrected chi connectivity index (χ0v) is 17.5. The molecule has 10 heteroatoms. The maximum atomic E-state index is 13.3. The van der Waals surface area contributed by atoms with Crippen LogP contribution in [0, 0.1) is 0 Å². The average molecular weight is 456 g/mol. The quantitative estimate of drug-likeness (QED) is 0.565. The summed E-state index contributed by atoms with van der Waals surface area (Å²) in [6.07, 6.45) is -2.09. The molecule has 1 aliphatic carbocycles. The second-order valence-electron chi connectivity index (χ2n) is 8.00.